The van der Waals surface area contributed by atoms with Gasteiger partial charge in [0.15, 0.2) is 0 Å². The molecule has 0 saturated heterocycles. The van der Waals surface area contributed by atoms with Crippen LogP contribution in [-0.2, 0) is 35.2 Å². The number of carbonyl (C=O) groups excluding carboxylic acids is 3. The summed E-state index contributed by atoms with van der Waals surface area (Å²) in [6.07, 6.45) is -1.89. The summed E-state index contributed by atoms with van der Waals surface area (Å²) < 4.78 is 0. The predicted molar refractivity (Wildman–Crippen MR) is 112 cm³/mol. The molecule has 33 heavy (non-hydrogen) atoms. The van der Waals surface area contributed by atoms with Crippen molar-refractivity contribution in [1.82, 2.24) is 16.0 Å². The van der Waals surface area contributed by atoms with E-state index in [2.05, 4.69) is 10.6 Å². The minimum absolute atomic E-state index is 0.0106. The van der Waals surface area contributed by atoms with Crippen LogP contribution in [0, 0.1) is 0 Å². The zero-order valence-corrected chi connectivity index (χ0v) is 17.7. The fourth-order valence-corrected chi connectivity index (χ4v) is 2.67. The first-order valence-electron chi connectivity index (χ1n) is 9.77. The number of nitrogens with one attached hydrogen (secondary N) is 3. The maximum absolute atomic E-state index is 12.8. The third-order valence-corrected chi connectivity index (χ3v) is 4.33. The van der Waals surface area contributed by atoms with Gasteiger partial charge in [-0.05, 0) is 12.5 Å². The highest BCUT2D eigenvalue weighted by Gasteiger charge is 2.32. The summed E-state index contributed by atoms with van der Waals surface area (Å²) in [5.74, 6) is -7.45. The van der Waals surface area contributed by atoms with Gasteiger partial charge in [-0.15, -0.1) is 0 Å². The van der Waals surface area contributed by atoms with E-state index in [0.717, 1.165) is 0 Å². The summed E-state index contributed by atoms with van der Waals surface area (Å²) >= 11 is 0. The molecule has 1 aromatic rings. The average molecular weight is 466 g/mol. The molecule has 0 saturated carbocycles. The number of carboxylic acids is 3. The topological polar surface area (TPSA) is 225 Å². The average Bonchev–Trinajstić information content (AvgIpc) is 2.72. The largest absolute Gasteiger partial charge is 0.481 e. The van der Waals surface area contributed by atoms with E-state index in [4.69, 9.17) is 21.1 Å². The molecule has 0 aliphatic rings. The van der Waals surface area contributed by atoms with E-state index in [1.807, 2.05) is 5.32 Å². The van der Waals surface area contributed by atoms with Crippen LogP contribution in [0.25, 0.3) is 0 Å². The molecule has 4 atom stereocenters. The summed E-state index contributed by atoms with van der Waals surface area (Å²) in [7, 11) is 0. The number of benzene rings is 1. The highest BCUT2D eigenvalue weighted by Crippen LogP contribution is 2.06. The number of carbonyl (C=O) groups is 6. The van der Waals surface area contributed by atoms with Gasteiger partial charge in [-0.2, -0.15) is 0 Å². The van der Waals surface area contributed by atoms with Gasteiger partial charge in [-0.3, -0.25) is 24.0 Å². The molecule has 1 aromatic carbocycles. The van der Waals surface area contributed by atoms with E-state index in [0.29, 0.717) is 5.56 Å². The van der Waals surface area contributed by atoms with E-state index in [1.165, 1.54) is 6.92 Å². The number of nitrogens with two attached hydrogens (primary N) is 1. The van der Waals surface area contributed by atoms with Crippen molar-refractivity contribution in [3.05, 3.63) is 35.9 Å². The van der Waals surface area contributed by atoms with Crippen LogP contribution in [0.2, 0.25) is 0 Å². The van der Waals surface area contributed by atoms with Crippen LogP contribution in [0.15, 0.2) is 30.3 Å². The Balaban J connectivity index is 3.07. The molecule has 3 amide bonds. The van der Waals surface area contributed by atoms with E-state index < -0.39 is 72.6 Å². The maximum atomic E-state index is 12.8. The number of carboxylic acid groups (broad SMARTS) is 3. The Morgan fingerprint density at radius 3 is 1.70 bits per heavy atom. The minimum Gasteiger partial charge on any atom is -0.481 e. The van der Waals surface area contributed by atoms with Gasteiger partial charge in [-0.1, -0.05) is 30.3 Å². The molecule has 0 heterocycles. The monoisotopic (exact) mass is 466 g/mol. The molecule has 0 radical (unpaired) electrons. The Labute approximate surface area is 188 Å². The highest BCUT2D eigenvalue weighted by atomic mass is 16.4. The van der Waals surface area contributed by atoms with Crippen molar-refractivity contribution in [1.29, 1.82) is 0 Å². The number of hydrogen-bond donors (Lipinski definition) is 7. The summed E-state index contributed by atoms with van der Waals surface area (Å²) in [5.41, 5.74) is 6.17. The molecule has 13 heteroatoms. The lowest BCUT2D eigenvalue weighted by Gasteiger charge is -2.24. The summed E-state index contributed by atoms with van der Waals surface area (Å²) in [6.45, 7) is 1.39. The third kappa shape index (κ3) is 9.78. The molecule has 0 bridgehead atoms. The fourth-order valence-electron chi connectivity index (χ4n) is 2.67. The van der Waals surface area contributed by atoms with Crippen LogP contribution >= 0.6 is 0 Å². The minimum atomic E-state index is -1.85. The SMILES string of the molecule is CC(N)C(=O)NC(Cc1ccccc1)C(=O)NC(CC(=O)O)C(=O)NC(CC(=O)O)C(=O)O. The first-order chi connectivity index (χ1) is 15.4. The van der Waals surface area contributed by atoms with Gasteiger partial charge in [0.2, 0.25) is 17.7 Å². The Kier molecular flexibility index (Phi) is 10.5. The van der Waals surface area contributed by atoms with Crippen molar-refractivity contribution in [2.75, 3.05) is 0 Å². The van der Waals surface area contributed by atoms with Gasteiger partial charge in [0, 0.05) is 6.42 Å². The Bertz CT molecular complexity index is 889. The van der Waals surface area contributed by atoms with Crippen molar-refractivity contribution in [3.8, 4) is 0 Å². The first kappa shape index (κ1) is 27.0. The number of amides is 3. The number of aliphatic carboxylic acids is 3. The Hall–Kier alpha value is -4.00. The fraction of sp³-hybridized carbons (Fsp3) is 0.400. The zero-order valence-electron chi connectivity index (χ0n) is 17.7. The maximum Gasteiger partial charge on any atom is 0.326 e. The van der Waals surface area contributed by atoms with Crippen molar-refractivity contribution in [2.45, 2.75) is 50.4 Å². The third-order valence-electron chi connectivity index (χ3n) is 4.33. The molecule has 0 aliphatic carbocycles. The summed E-state index contributed by atoms with van der Waals surface area (Å²) in [4.78, 5) is 70.6. The molecular weight excluding hydrogens is 440 g/mol. The lowest BCUT2D eigenvalue weighted by atomic mass is 10.0. The van der Waals surface area contributed by atoms with Crippen molar-refractivity contribution >= 4 is 35.6 Å². The molecule has 1 rings (SSSR count). The predicted octanol–water partition coefficient (Wildman–Crippen LogP) is -1.94. The van der Waals surface area contributed by atoms with Crippen LogP contribution in [0.5, 0.6) is 0 Å². The number of rotatable bonds is 13. The van der Waals surface area contributed by atoms with Crippen LogP contribution in [0.1, 0.15) is 25.3 Å². The smallest absolute Gasteiger partial charge is 0.326 e. The van der Waals surface area contributed by atoms with E-state index in [9.17, 15) is 28.8 Å². The van der Waals surface area contributed by atoms with Gasteiger partial charge < -0.3 is 37.0 Å². The zero-order chi connectivity index (χ0) is 25.1. The molecule has 13 nitrogen and oxygen atoms in total. The van der Waals surface area contributed by atoms with Crippen LogP contribution in [-0.4, -0.2) is 75.1 Å². The normalized spacial score (nSPS) is 14.1. The van der Waals surface area contributed by atoms with Gasteiger partial charge in [0.25, 0.3) is 0 Å². The van der Waals surface area contributed by atoms with Crippen LogP contribution in [0.3, 0.4) is 0 Å². The van der Waals surface area contributed by atoms with Crippen LogP contribution < -0.4 is 21.7 Å². The van der Waals surface area contributed by atoms with Gasteiger partial charge in [0.05, 0.1) is 18.9 Å². The van der Waals surface area contributed by atoms with E-state index in [1.54, 1.807) is 30.3 Å². The molecular formula is C20H26N4O9. The lowest BCUT2D eigenvalue weighted by molar-refractivity contribution is -0.148. The highest BCUT2D eigenvalue weighted by molar-refractivity contribution is 5.96. The molecule has 0 spiro atoms. The van der Waals surface area contributed by atoms with Gasteiger partial charge in [0.1, 0.15) is 18.1 Å². The summed E-state index contributed by atoms with van der Waals surface area (Å²) in [5, 5.41) is 33.5. The van der Waals surface area contributed by atoms with Gasteiger partial charge in [-0.25, -0.2) is 4.79 Å². The molecule has 0 aliphatic heterocycles. The lowest BCUT2D eigenvalue weighted by Crippen LogP contribution is -2.58. The first-order valence-corrected chi connectivity index (χ1v) is 9.77. The molecule has 8 N–H and O–H groups in total. The van der Waals surface area contributed by atoms with E-state index >= 15 is 0 Å². The van der Waals surface area contributed by atoms with Crippen molar-refractivity contribution in [2.24, 2.45) is 5.73 Å². The second-order valence-corrected chi connectivity index (χ2v) is 7.20. The van der Waals surface area contributed by atoms with Crippen LogP contribution in [0.4, 0.5) is 0 Å². The Morgan fingerprint density at radius 1 is 0.758 bits per heavy atom. The van der Waals surface area contributed by atoms with E-state index in [-0.39, 0.29) is 6.42 Å². The standard InChI is InChI=1S/C20H26N4O9/c1-10(21)17(29)22-12(7-11-5-3-2-4-6-11)18(30)23-13(8-15(25)26)19(31)24-14(20(32)33)9-16(27)28/h2-6,10,12-14H,7-9,21H2,1H3,(H,22,29)(H,23,30)(H,24,31)(H,25,26)(H,27,28)(H,32,33). The van der Waals surface area contributed by atoms with Gasteiger partial charge >= 0.3 is 17.9 Å². The second-order valence-electron chi connectivity index (χ2n) is 7.20. The number of hydrogen-bond acceptors (Lipinski definition) is 7. The summed E-state index contributed by atoms with van der Waals surface area (Å²) in [6, 6.07) is 2.73. The molecule has 0 fully saturated rings. The van der Waals surface area contributed by atoms with Crippen molar-refractivity contribution < 1.29 is 44.1 Å². The second kappa shape index (κ2) is 12.8. The molecule has 4 unspecified atom stereocenters. The Morgan fingerprint density at radius 2 is 1.21 bits per heavy atom. The molecule has 180 valence electrons. The quantitative estimate of drug-likeness (QED) is 0.170. The molecule has 0 aromatic heterocycles. The van der Waals surface area contributed by atoms with Crippen molar-refractivity contribution in [3.63, 3.8) is 0 Å².